The van der Waals surface area contributed by atoms with E-state index in [1.54, 1.807) is 0 Å². The second kappa shape index (κ2) is 3.74. The maximum atomic E-state index is 2.57. The van der Waals surface area contributed by atoms with E-state index in [9.17, 15) is 0 Å². The van der Waals surface area contributed by atoms with Crippen LogP contribution < -0.4 is 0 Å². The summed E-state index contributed by atoms with van der Waals surface area (Å²) in [7, 11) is 0. The van der Waals surface area contributed by atoms with Gasteiger partial charge in [0.05, 0.1) is 0 Å². The third kappa shape index (κ3) is 1.83. The van der Waals surface area contributed by atoms with Crippen molar-refractivity contribution < 1.29 is 0 Å². The molecule has 1 heteroatoms. The Morgan fingerprint density at radius 3 is 2.36 bits per heavy atom. The molecule has 3 atom stereocenters. The number of rotatable bonds is 3. The molecule has 0 saturated carbocycles. The molecule has 0 bridgehead atoms. The average molecular weight is 189 g/mol. The van der Waals surface area contributed by atoms with Crippen LogP contribution in [0.2, 0.25) is 0 Å². The van der Waals surface area contributed by atoms with Crippen LogP contribution in [0.4, 0.5) is 0 Å². The van der Waals surface area contributed by atoms with Crippen LogP contribution in [0.3, 0.4) is 0 Å². The molecule has 14 heavy (non-hydrogen) atoms. The lowest BCUT2D eigenvalue weighted by molar-refractivity contribution is 0.432. The quantitative estimate of drug-likeness (QED) is 0.661. The van der Waals surface area contributed by atoms with Crippen molar-refractivity contribution in [1.29, 1.82) is 0 Å². The number of nitrogens with zero attached hydrogens (tertiary/aromatic N) is 1. The molecule has 1 aliphatic rings. The van der Waals surface area contributed by atoms with Gasteiger partial charge in [0.25, 0.3) is 0 Å². The van der Waals surface area contributed by atoms with Crippen molar-refractivity contribution in [3.05, 3.63) is 35.9 Å². The summed E-state index contributed by atoms with van der Waals surface area (Å²) in [5.74, 6) is 0.786. The highest BCUT2D eigenvalue weighted by Gasteiger charge is 2.44. The minimum atomic E-state index is 0.773. The van der Waals surface area contributed by atoms with Gasteiger partial charge in [0.15, 0.2) is 0 Å². The normalized spacial score (nSPS) is 30.7. The van der Waals surface area contributed by atoms with E-state index in [2.05, 4.69) is 56.0 Å². The van der Waals surface area contributed by atoms with E-state index in [-0.39, 0.29) is 0 Å². The van der Waals surface area contributed by atoms with Gasteiger partial charge in [0, 0.05) is 18.6 Å². The third-order valence-corrected chi connectivity index (χ3v) is 3.20. The van der Waals surface area contributed by atoms with Gasteiger partial charge in [-0.25, -0.2) is 0 Å². The van der Waals surface area contributed by atoms with Crippen LogP contribution in [0.1, 0.15) is 26.3 Å². The zero-order valence-electron chi connectivity index (χ0n) is 9.27. The molecule has 1 heterocycles. The Morgan fingerprint density at radius 1 is 1.21 bits per heavy atom. The molecular weight excluding hydrogens is 170 g/mol. The van der Waals surface area contributed by atoms with Crippen molar-refractivity contribution in [2.24, 2.45) is 5.92 Å². The Kier molecular flexibility index (Phi) is 2.60. The van der Waals surface area contributed by atoms with E-state index in [1.807, 2.05) is 0 Å². The molecule has 1 fully saturated rings. The Balaban J connectivity index is 1.95. The average Bonchev–Trinajstić information content (AvgIpc) is 2.78. The van der Waals surface area contributed by atoms with E-state index in [1.165, 1.54) is 5.56 Å². The van der Waals surface area contributed by atoms with E-state index < -0.39 is 0 Å². The summed E-state index contributed by atoms with van der Waals surface area (Å²) in [4.78, 5) is 2.57. The van der Waals surface area contributed by atoms with E-state index in [0.717, 1.165) is 24.5 Å². The molecule has 1 unspecified atom stereocenters. The van der Waals surface area contributed by atoms with Crippen LogP contribution in [0.5, 0.6) is 0 Å². The van der Waals surface area contributed by atoms with Crippen LogP contribution in [-0.2, 0) is 6.54 Å². The highest BCUT2D eigenvalue weighted by atomic mass is 15.3. The summed E-state index contributed by atoms with van der Waals surface area (Å²) < 4.78 is 0. The summed E-state index contributed by atoms with van der Waals surface area (Å²) in [6, 6.07) is 12.3. The SMILES string of the molecule is CC(C)[C@@H]1[C@@H](C)N1Cc1ccccc1. The third-order valence-electron chi connectivity index (χ3n) is 3.20. The van der Waals surface area contributed by atoms with Gasteiger partial charge in [0.2, 0.25) is 0 Å². The molecule has 1 aliphatic heterocycles. The lowest BCUT2D eigenvalue weighted by Crippen LogP contribution is -2.07. The molecule has 1 saturated heterocycles. The van der Waals surface area contributed by atoms with Gasteiger partial charge in [0.1, 0.15) is 0 Å². The minimum Gasteiger partial charge on any atom is -0.290 e. The minimum absolute atomic E-state index is 0.773. The zero-order valence-corrected chi connectivity index (χ0v) is 9.27. The van der Waals surface area contributed by atoms with Gasteiger partial charge < -0.3 is 0 Å². The zero-order chi connectivity index (χ0) is 10.1. The first-order valence-corrected chi connectivity index (χ1v) is 5.50. The lowest BCUT2D eigenvalue weighted by Gasteiger charge is -2.05. The molecule has 76 valence electrons. The van der Waals surface area contributed by atoms with Crippen LogP contribution in [-0.4, -0.2) is 17.0 Å². The van der Waals surface area contributed by atoms with Crippen LogP contribution in [0.15, 0.2) is 30.3 Å². The monoisotopic (exact) mass is 189 g/mol. The molecule has 1 aromatic rings. The molecule has 1 aromatic carbocycles. The molecule has 0 aromatic heterocycles. The van der Waals surface area contributed by atoms with Gasteiger partial charge >= 0.3 is 0 Å². The summed E-state index contributed by atoms with van der Waals surface area (Å²) >= 11 is 0. The van der Waals surface area contributed by atoms with Gasteiger partial charge in [-0.1, -0.05) is 44.2 Å². The van der Waals surface area contributed by atoms with Gasteiger partial charge in [-0.05, 0) is 18.4 Å². The Morgan fingerprint density at radius 2 is 1.86 bits per heavy atom. The Hall–Kier alpha value is -0.820. The second-order valence-electron chi connectivity index (χ2n) is 4.63. The summed E-state index contributed by atoms with van der Waals surface area (Å²) in [6.45, 7) is 8.07. The predicted octanol–water partition coefficient (Wildman–Crippen LogP) is 2.92. The van der Waals surface area contributed by atoms with Crippen LogP contribution in [0, 0.1) is 5.92 Å². The summed E-state index contributed by atoms with van der Waals surface area (Å²) in [5.41, 5.74) is 1.43. The van der Waals surface area contributed by atoms with Crippen molar-refractivity contribution in [1.82, 2.24) is 4.90 Å². The maximum Gasteiger partial charge on any atom is 0.0279 e. The fourth-order valence-electron chi connectivity index (χ4n) is 2.42. The van der Waals surface area contributed by atoms with Crippen LogP contribution >= 0.6 is 0 Å². The molecule has 0 spiro atoms. The van der Waals surface area contributed by atoms with Gasteiger partial charge in [-0.15, -0.1) is 0 Å². The fourth-order valence-corrected chi connectivity index (χ4v) is 2.42. The standard InChI is InChI=1S/C13H19N/c1-10(2)13-11(3)14(13)9-12-7-5-4-6-8-12/h4-8,10-11,13H,9H2,1-3H3/t11-,13-,14?/m1/s1. The Labute approximate surface area is 86.7 Å². The summed E-state index contributed by atoms with van der Waals surface area (Å²) in [5, 5.41) is 0. The molecular formula is C13H19N. The second-order valence-corrected chi connectivity index (χ2v) is 4.63. The van der Waals surface area contributed by atoms with E-state index in [4.69, 9.17) is 0 Å². The first-order valence-electron chi connectivity index (χ1n) is 5.50. The van der Waals surface area contributed by atoms with Crippen molar-refractivity contribution in [3.63, 3.8) is 0 Å². The predicted molar refractivity (Wildman–Crippen MR) is 60.1 cm³/mol. The molecule has 0 aliphatic carbocycles. The topological polar surface area (TPSA) is 3.01 Å². The summed E-state index contributed by atoms with van der Waals surface area (Å²) in [6.07, 6.45) is 0. The van der Waals surface area contributed by atoms with Crippen LogP contribution in [0.25, 0.3) is 0 Å². The number of hydrogen-bond acceptors (Lipinski definition) is 1. The lowest BCUT2D eigenvalue weighted by atomic mass is 10.1. The number of benzene rings is 1. The van der Waals surface area contributed by atoms with Crippen molar-refractivity contribution in [2.45, 2.75) is 39.4 Å². The first kappa shape index (κ1) is 9.72. The first-order chi connectivity index (χ1) is 6.70. The smallest absolute Gasteiger partial charge is 0.0279 e. The highest BCUT2D eigenvalue weighted by molar-refractivity contribution is 5.17. The van der Waals surface area contributed by atoms with Gasteiger partial charge in [-0.2, -0.15) is 0 Å². The molecule has 1 nitrogen and oxygen atoms in total. The molecule has 2 rings (SSSR count). The van der Waals surface area contributed by atoms with Crippen molar-refractivity contribution in [3.8, 4) is 0 Å². The Bertz CT molecular complexity index is 291. The fraction of sp³-hybridized carbons (Fsp3) is 0.538. The molecule has 0 radical (unpaired) electrons. The highest BCUT2D eigenvalue weighted by Crippen LogP contribution is 2.35. The largest absolute Gasteiger partial charge is 0.290 e. The van der Waals surface area contributed by atoms with Gasteiger partial charge in [-0.3, -0.25) is 4.90 Å². The molecule has 0 amide bonds. The van der Waals surface area contributed by atoms with Crippen molar-refractivity contribution >= 4 is 0 Å². The van der Waals surface area contributed by atoms with Crippen molar-refractivity contribution in [2.75, 3.05) is 0 Å². The number of hydrogen-bond donors (Lipinski definition) is 0. The van der Waals surface area contributed by atoms with E-state index >= 15 is 0 Å². The molecule has 0 N–H and O–H groups in total. The van der Waals surface area contributed by atoms with E-state index in [0.29, 0.717) is 0 Å². The maximum absolute atomic E-state index is 2.57.